The standard InChI is InChI=1S/2C2H6ClN.ClH/c2*3-1-2-4;/h2*1-2,4H2;1H. The summed E-state index contributed by atoms with van der Waals surface area (Å²) < 4.78 is 0. The minimum absolute atomic E-state index is 0. The summed E-state index contributed by atoms with van der Waals surface area (Å²) in [6, 6.07) is 0. The van der Waals surface area contributed by atoms with E-state index in [4.69, 9.17) is 34.7 Å². The summed E-state index contributed by atoms with van der Waals surface area (Å²) in [5, 5.41) is 0. The van der Waals surface area contributed by atoms with Crippen LogP contribution in [-0.4, -0.2) is 24.8 Å². The van der Waals surface area contributed by atoms with Crippen LogP contribution < -0.4 is 11.5 Å². The van der Waals surface area contributed by atoms with Crippen molar-refractivity contribution in [3.05, 3.63) is 0 Å². The molecule has 9 heavy (non-hydrogen) atoms. The van der Waals surface area contributed by atoms with Crippen LogP contribution in [0.4, 0.5) is 0 Å². The highest BCUT2D eigenvalue weighted by Gasteiger charge is 1.58. The Labute approximate surface area is 72.3 Å². The third-order valence-electron chi connectivity index (χ3n) is 0.218. The lowest BCUT2D eigenvalue weighted by Gasteiger charge is -1.68. The van der Waals surface area contributed by atoms with Gasteiger partial charge in [-0.25, -0.2) is 0 Å². The molecule has 0 aliphatic rings. The van der Waals surface area contributed by atoms with E-state index in [1.165, 1.54) is 0 Å². The van der Waals surface area contributed by atoms with Crippen molar-refractivity contribution in [1.82, 2.24) is 0 Å². The lowest BCUT2D eigenvalue weighted by atomic mass is 10.8. The molecule has 0 spiro atoms. The van der Waals surface area contributed by atoms with Crippen molar-refractivity contribution in [2.45, 2.75) is 0 Å². The van der Waals surface area contributed by atoms with Crippen molar-refractivity contribution in [2.75, 3.05) is 24.8 Å². The molecule has 4 N–H and O–H groups in total. The first-order valence-electron chi connectivity index (χ1n) is 2.35. The number of hydrogen-bond donors (Lipinski definition) is 2. The second-order valence-electron chi connectivity index (χ2n) is 0.955. The highest BCUT2D eigenvalue weighted by atomic mass is 35.5. The average molecular weight is 196 g/mol. The molecule has 0 amide bonds. The molecule has 0 rings (SSSR count). The Kier molecular flexibility index (Phi) is 42.4. The summed E-state index contributed by atoms with van der Waals surface area (Å²) in [4.78, 5) is 0. The van der Waals surface area contributed by atoms with E-state index in [0.717, 1.165) is 0 Å². The van der Waals surface area contributed by atoms with Crippen LogP contribution >= 0.6 is 35.6 Å². The first-order valence-corrected chi connectivity index (χ1v) is 3.42. The van der Waals surface area contributed by atoms with Crippen LogP contribution in [0, 0.1) is 0 Å². The van der Waals surface area contributed by atoms with E-state index in [2.05, 4.69) is 0 Å². The van der Waals surface area contributed by atoms with Crippen LogP contribution in [0.15, 0.2) is 0 Å². The highest BCUT2D eigenvalue weighted by molar-refractivity contribution is 6.18. The molecule has 0 fully saturated rings. The van der Waals surface area contributed by atoms with E-state index in [-0.39, 0.29) is 12.4 Å². The molecule has 0 aromatic heterocycles. The predicted molar refractivity (Wildman–Crippen MR) is 46.8 cm³/mol. The topological polar surface area (TPSA) is 52.0 Å². The summed E-state index contributed by atoms with van der Waals surface area (Å²) in [6.45, 7) is 1.17. The lowest BCUT2D eigenvalue weighted by Crippen LogP contribution is -1.97. The summed E-state index contributed by atoms with van der Waals surface area (Å²) in [6.07, 6.45) is 0. The molecule has 0 aliphatic heterocycles. The van der Waals surface area contributed by atoms with Crippen LogP contribution in [0.25, 0.3) is 0 Å². The van der Waals surface area contributed by atoms with Gasteiger partial charge in [0.25, 0.3) is 0 Å². The van der Waals surface area contributed by atoms with Crippen LogP contribution in [0.5, 0.6) is 0 Å². The van der Waals surface area contributed by atoms with E-state index < -0.39 is 0 Å². The van der Waals surface area contributed by atoms with Gasteiger partial charge in [0.1, 0.15) is 0 Å². The maximum Gasteiger partial charge on any atom is 0.0346 e. The fraction of sp³-hybridized carbons (Fsp3) is 1.00. The van der Waals surface area contributed by atoms with E-state index in [0.29, 0.717) is 24.8 Å². The summed E-state index contributed by atoms with van der Waals surface area (Å²) in [7, 11) is 0. The second kappa shape index (κ2) is 23.2. The minimum atomic E-state index is 0. The van der Waals surface area contributed by atoms with Gasteiger partial charge in [0.05, 0.1) is 0 Å². The Morgan fingerprint density at radius 3 is 1.00 bits per heavy atom. The molecule has 0 aliphatic carbocycles. The molecule has 0 heterocycles. The normalized spacial score (nSPS) is 6.67. The average Bonchev–Trinajstić information content (AvgIpc) is 1.88. The maximum atomic E-state index is 5.06. The Bertz CT molecular complexity index is 21.8. The van der Waals surface area contributed by atoms with Gasteiger partial charge in [-0.1, -0.05) is 0 Å². The van der Waals surface area contributed by atoms with E-state index in [1.54, 1.807) is 0 Å². The van der Waals surface area contributed by atoms with Gasteiger partial charge < -0.3 is 11.5 Å². The Morgan fingerprint density at radius 1 is 0.889 bits per heavy atom. The number of halogens is 3. The van der Waals surface area contributed by atoms with Crippen molar-refractivity contribution in [1.29, 1.82) is 0 Å². The Hall–Kier alpha value is 0.790. The second-order valence-corrected chi connectivity index (χ2v) is 1.71. The number of hydrogen-bond acceptors (Lipinski definition) is 2. The van der Waals surface area contributed by atoms with Gasteiger partial charge in [0.2, 0.25) is 0 Å². The molecule has 2 nitrogen and oxygen atoms in total. The van der Waals surface area contributed by atoms with Crippen molar-refractivity contribution in [3.63, 3.8) is 0 Å². The molecule has 0 aromatic rings. The molecule has 0 saturated heterocycles. The van der Waals surface area contributed by atoms with Crippen LogP contribution in [0.2, 0.25) is 0 Å². The predicted octanol–water partition coefficient (Wildman–Crippen LogP) is 0.790. The van der Waals surface area contributed by atoms with E-state index >= 15 is 0 Å². The third-order valence-corrected chi connectivity index (χ3v) is 0.655. The maximum absolute atomic E-state index is 5.06. The number of alkyl halides is 2. The van der Waals surface area contributed by atoms with Crippen LogP contribution in [0.1, 0.15) is 0 Å². The first kappa shape index (κ1) is 16.4. The van der Waals surface area contributed by atoms with Crippen molar-refractivity contribution < 1.29 is 0 Å². The molecule has 5 heteroatoms. The first-order chi connectivity index (χ1) is 3.83. The van der Waals surface area contributed by atoms with E-state index in [1.807, 2.05) is 0 Å². The zero-order chi connectivity index (χ0) is 6.83. The monoisotopic (exact) mass is 194 g/mol. The number of nitrogens with two attached hydrogens (primary N) is 2. The van der Waals surface area contributed by atoms with Gasteiger partial charge in [0, 0.05) is 24.8 Å². The SMILES string of the molecule is Cl.NCCCl.NCCCl. The van der Waals surface area contributed by atoms with Crippen LogP contribution in [0.3, 0.4) is 0 Å². The third kappa shape index (κ3) is 52.1. The molecular weight excluding hydrogens is 182 g/mol. The molecule has 0 saturated carbocycles. The zero-order valence-electron chi connectivity index (χ0n) is 5.15. The summed E-state index contributed by atoms with van der Waals surface area (Å²) in [5.41, 5.74) is 9.79. The van der Waals surface area contributed by atoms with Crippen molar-refractivity contribution >= 4 is 35.6 Å². The number of rotatable bonds is 2. The lowest BCUT2D eigenvalue weighted by molar-refractivity contribution is 1.14. The quantitative estimate of drug-likeness (QED) is 0.640. The fourth-order valence-corrected chi connectivity index (χ4v) is 0. The molecule has 0 atom stereocenters. The van der Waals surface area contributed by atoms with Gasteiger partial charge in [-0.3, -0.25) is 0 Å². The largest absolute Gasteiger partial charge is 0.329 e. The Morgan fingerprint density at radius 2 is 1.00 bits per heavy atom. The molecule has 60 valence electrons. The van der Waals surface area contributed by atoms with Gasteiger partial charge in [-0.05, 0) is 0 Å². The fourth-order valence-electron chi connectivity index (χ4n) is 0. The molecule has 0 radical (unpaired) electrons. The smallest absolute Gasteiger partial charge is 0.0346 e. The highest BCUT2D eigenvalue weighted by Crippen LogP contribution is 1.60. The molecule has 0 aromatic carbocycles. The van der Waals surface area contributed by atoms with Gasteiger partial charge in [-0.2, -0.15) is 0 Å². The van der Waals surface area contributed by atoms with Gasteiger partial charge >= 0.3 is 0 Å². The summed E-state index contributed by atoms with van der Waals surface area (Å²) >= 11 is 10.1. The Balaban J connectivity index is -0.0000000720. The van der Waals surface area contributed by atoms with Gasteiger partial charge in [-0.15, -0.1) is 35.6 Å². The molecule has 0 bridgehead atoms. The minimum Gasteiger partial charge on any atom is -0.329 e. The van der Waals surface area contributed by atoms with Crippen LogP contribution in [-0.2, 0) is 0 Å². The van der Waals surface area contributed by atoms with Crippen molar-refractivity contribution in [2.24, 2.45) is 11.5 Å². The molecule has 0 unspecified atom stereocenters. The van der Waals surface area contributed by atoms with Gasteiger partial charge in [0.15, 0.2) is 0 Å². The van der Waals surface area contributed by atoms with Crippen molar-refractivity contribution in [3.8, 4) is 0 Å². The van der Waals surface area contributed by atoms with E-state index in [9.17, 15) is 0 Å². The molecular formula is C4H13Cl3N2. The summed E-state index contributed by atoms with van der Waals surface area (Å²) in [5.74, 6) is 1.14. The zero-order valence-corrected chi connectivity index (χ0v) is 7.48.